The molecule has 1 heterocycles. The van der Waals surface area contributed by atoms with Crippen LogP contribution >= 0.6 is 0 Å². The number of urea groups is 1. The molecular formula is C22H28N2O3S. The molecule has 1 aliphatic heterocycles. The Morgan fingerprint density at radius 3 is 2.32 bits per heavy atom. The lowest BCUT2D eigenvalue weighted by atomic mass is 9.87. The summed E-state index contributed by atoms with van der Waals surface area (Å²) < 4.78 is 25.4. The lowest BCUT2D eigenvalue weighted by molar-refractivity contribution is 0.210. The molecule has 3 rings (SSSR count). The molecule has 28 heavy (non-hydrogen) atoms. The van der Waals surface area contributed by atoms with E-state index in [1.54, 1.807) is 35.2 Å². The molecule has 2 aromatic carbocycles. The van der Waals surface area contributed by atoms with Crippen molar-refractivity contribution < 1.29 is 13.2 Å². The fraction of sp³-hybridized carbons (Fsp3) is 0.409. The van der Waals surface area contributed by atoms with Crippen LogP contribution < -0.4 is 5.32 Å². The van der Waals surface area contributed by atoms with Crippen LogP contribution in [-0.4, -0.2) is 37.7 Å². The number of sulfone groups is 1. The van der Waals surface area contributed by atoms with Crippen molar-refractivity contribution in [2.45, 2.75) is 50.0 Å². The van der Waals surface area contributed by atoms with Crippen molar-refractivity contribution in [3.8, 4) is 0 Å². The summed E-state index contributed by atoms with van der Waals surface area (Å²) in [5.74, 6) is -0.0482. The molecule has 150 valence electrons. The predicted octanol–water partition coefficient (Wildman–Crippen LogP) is 4.45. The number of nitrogens with one attached hydrogen (secondary N) is 1. The van der Waals surface area contributed by atoms with Crippen molar-refractivity contribution in [2.24, 2.45) is 0 Å². The van der Waals surface area contributed by atoms with Gasteiger partial charge in [-0.25, -0.2) is 13.2 Å². The normalized spacial score (nSPS) is 17.5. The largest absolute Gasteiger partial charge is 0.322 e. The van der Waals surface area contributed by atoms with E-state index in [1.807, 2.05) is 24.3 Å². The molecule has 0 aliphatic carbocycles. The van der Waals surface area contributed by atoms with Crippen LogP contribution in [0.25, 0.3) is 0 Å². The Morgan fingerprint density at radius 2 is 1.71 bits per heavy atom. The van der Waals surface area contributed by atoms with Gasteiger partial charge in [-0.15, -0.1) is 0 Å². The lowest BCUT2D eigenvalue weighted by Crippen LogP contribution is -2.42. The van der Waals surface area contributed by atoms with E-state index >= 15 is 0 Å². The Hall–Kier alpha value is -2.34. The second-order valence-electron chi connectivity index (χ2n) is 8.34. The molecule has 1 N–H and O–H groups in total. The quantitative estimate of drug-likeness (QED) is 0.824. The summed E-state index contributed by atoms with van der Waals surface area (Å²) >= 11 is 0. The van der Waals surface area contributed by atoms with Gasteiger partial charge in [0.2, 0.25) is 0 Å². The molecule has 0 bridgehead atoms. The number of hydrogen-bond acceptors (Lipinski definition) is 3. The minimum Gasteiger partial charge on any atom is -0.321 e. The van der Waals surface area contributed by atoms with Gasteiger partial charge in [-0.3, -0.25) is 0 Å². The van der Waals surface area contributed by atoms with Crippen molar-refractivity contribution in [3.63, 3.8) is 0 Å². The van der Waals surface area contributed by atoms with Crippen LogP contribution in [0.4, 0.5) is 10.5 Å². The van der Waals surface area contributed by atoms with Gasteiger partial charge in [0.25, 0.3) is 0 Å². The average Bonchev–Trinajstić information content (AvgIpc) is 3.10. The van der Waals surface area contributed by atoms with E-state index in [2.05, 4.69) is 26.1 Å². The molecule has 0 unspecified atom stereocenters. The molecule has 5 nitrogen and oxygen atoms in total. The first kappa shape index (κ1) is 20.4. The number of rotatable bonds is 4. The third-order valence-electron chi connectivity index (χ3n) is 5.15. The zero-order valence-electron chi connectivity index (χ0n) is 16.7. The highest BCUT2D eigenvalue weighted by Gasteiger charge is 2.33. The number of carbonyl (C=O) groups excluding carboxylic acids is 1. The Balaban J connectivity index is 1.68. The highest BCUT2D eigenvalue weighted by atomic mass is 32.2. The lowest BCUT2D eigenvalue weighted by Gasteiger charge is -2.25. The number of nitrogens with zero attached hydrogens (tertiary/aromatic N) is 1. The van der Waals surface area contributed by atoms with Crippen LogP contribution in [0.2, 0.25) is 0 Å². The first-order chi connectivity index (χ1) is 13.2. The summed E-state index contributed by atoms with van der Waals surface area (Å²) in [6.07, 6.45) is 1.51. The Morgan fingerprint density at radius 1 is 1.07 bits per heavy atom. The Labute approximate surface area is 167 Å². The molecular weight excluding hydrogens is 372 g/mol. The zero-order valence-corrected chi connectivity index (χ0v) is 17.5. The fourth-order valence-electron chi connectivity index (χ4n) is 3.50. The predicted molar refractivity (Wildman–Crippen MR) is 112 cm³/mol. The minimum absolute atomic E-state index is 0.0482. The second-order valence-corrected chi connectivity index (χ2v) is 10.4. The maximum atomic E-state index is 12.7. The summed E-state index contributed by atoms with van der Waals surface area (Å²) in [5.41, 5.74) is 1.96. The maximum Gasteiger partial charge on any atom is 0.322 e. The van der Waals surface area contributed by atoms with Crippen LogP contribution in [0.15, 0.2) is 59.5 Å². The van der Waals surface area contributed by atoms with E-state index in [-0.39, 0.29) is 23.2 Å². The van der Waals surface area contributed by atoms with Crippen LogP contribution in [0.1, 0.15) is 39.2 Å². The van der Waals surface area contributed by atoms with Crippen LogP contribution in [0, 0.1) is 0 Å². The van der Waals surface area contributed by atoms with Crippen molar-refractivity contribution in [1.82, 2.24) is 4.90 Å². The van der Waals surface area contributed by atoms with Crippen molar-refractivity contribution in [2.75, 3.05) is 17.6 Å². The summed E-state index contributed by atoms with van der Waals surface area (Å²) in [7, 11) is -3.43. The molecule has 1 aliphatic rings. The summed E-state index contributed by atoms with van der Waals surface area (Å²) in [4.78, 5) is 14.7. The molecule has 6 heteroatoms. The highest BCUT2D eigenvalue weighted by molar-refractivity contribution is 7.91. The smallest absolute Gasteiger partial charge is 0.321 e. The molecule has 1 saturated heterocycles. The molecule has 0 radical (unpaired) electrons. The van der Waals surface area contributed by atoms with Gasteiger partial charge in [-0.2, -0.15) is 0 Å². The van der Waals surface area contributed by atoms with E-state index < -0.39 is 9.84 Å². The average molecular weight is 401 g/mol. The zero-order chi connectivity index (χ0) is 20.4. The van der Waals surface area contributed by atoms with E-state index in [0.29, 0.717) is 17.9 Å². The highest BCUT2D eigenvalue weighted by Crippen LogP contribution is 2.25. The third-order valence-corrected chi connectivity index (χ3v) is 6.97. The topological polar surface area (TPSA) is 66.5 Å². The van der Waals surface area contributed by atoms with Gasteiger partial charge < -0.3 is 10.2 Å². The Kier molecular flexibility index (Phi) is 5.79. The van der Waals surface area contributed by atoms with E-state index in [9.17, 15) is 13.2 Å². The molecule has 2 amide bonds. The summed E-state index contributed by atoms with van der Waals surface area (Å²) in [6.45, 7) is 6.99. The van der Waals surface area contributed by atoms with Gasteiger partial charge in [-0.05, 0) is 48.1 Å². The van der Waals surface area contributed by atoms with Gasteiger partial charge in [0.1, 0.15) is 0 Å². The molecule has 0 saturated carbocycles. The maximum absolute atomic E-state index is 12.7. The van der Waals surface area contributed by atoms with Gasteiger partial charge in [0, 0.05) is 18.3 Å². The van der Waals surface area contributed by atoms with Crippen molar-refractivity contribution in [1.29, 1.82) is 0 Å². The van der Waals surface area contributed by atoms with Gasteiger partial charge in [0.05, 0.1) is 10.6 Å². The van der Waals surface area contributed by atoms with E-state index in [4.69, 9.17) is 0 Å². The number of carbonyl (C=O) groups is 1. The van der Waals surface area contributed by atoms with Crippen molar-refractivity contribution in [3.05, 3.63) is 60.2 Å². The van der Waals surface area contributed by atoms with Crippen LogP contribution in [0.5, 0.6) is 0 Å². The van der Waals surface area contributed by atoms with Gasteiger partial charge in [0.15, 0.2) is 9.84 Å². The molecule has 0 spiro atoms. The van der Waals surface area contributed by atoms with E-state index in [0.717, 1.165) is 12.1 Å². The number of amides is 2. The summed E-state index contributed by atoms with van der Waals surface area (Å²) in [6, 6.07) is 15.7. The molecule has 0 aromatic heterocycles. The fourth-order valence-corrected chi connectivity index (χ4v) is 5.12. The summed E-state index contributed by atoms with van der Waals surface area (Å²) in [5, 5.41) is 2.91. The van der Waals surface area contributed by atoms with Crippen LogP contribution in [0.3, 0.4) is 0 Å². The number of benzene rings is 2. The minimum atomic E-state index is -3.43. The van der Waals surface area contributed by atoms with Crippen molar-refractivity contribution >= 4 is 21.6 Å². The van der Waals surface area contributed by atoms with E-state index in [1.165, 1.54) is 5.56 Å². The number of anilines is 1. The first-order valence-electron chi connectivity index (χ1n) is 9.63. The van der Waals surface area contributed by atoms with Gasteiger partial charge in [-0.1, -0.05) is 51.1 Å². The Bertz CT molecular complexity index is 917. The van der Waals surface area contributed by atoms with Crippen LogP contribution in [-0.2, 0) is 15.3 Å². The number of hydrogen-bond donors (Lipinski definition) is 1. The SMILES string of the molecule is CC(C)(C)c1ccc(NC(=O)N2CCC[C@H]2CS(=O)(=O)c2ccccc2)cc1. The molecule has 2 aromatic rings. The number of likely N-dealkylation sites (tertiary alicyclic amines) is 1. The molecule has 1 fully saturated rings. The van der Waals surface area contributed by atoms with Gasteiger partial charge >= 0.3 is 6.03 Å². The monoisotopic (exact) mass is 400 g/mol. The first-order valence-corrected chi connectivity index (χ1v) is 11.3. The third kappa shape index (κ3) is 4.73. The standard InChI is InChI=1S/C22H28N2O3S/c1-22(2,3)17-11-13-18(14-12-17)23-21(25)24-15-7-8-19(24)16-28(26,27)20-9-5-4-6-10-20/h4-6,9-14,19H,7-8,15-16H2,1-3H3,(H,23,25)/t19-/m0/s1. The second kappa shape index (κ2) is 7.95. The molecule has 1 atom stereocenters.